The van der Waals surface area contributed by atoms with Crippen molar-refractivity contribution >= 4 is 7.12 Å². The summed E-state index contributed by atoms with van der Waals surface area (Å²) in [6, 6.07) is 0. The van der Waals surface area contributed by atoms with Gasteiger partial charge in [0.2, 0.25) is 0 Å². The molecule has 1 saturated heterocycles. The number of rotatable bonds is 5. The van der Waals surface area contributed by atoms with E-state index in [1.165, 1.54) is 0 Å². The predicted molar refractivity (Wildman–Crippen MR) is 67.9 cm³/mol. The first-order chi connectivity index (χ1) is 7.56. The van der Waals surface area contributed by atoms with Crippen molar-refractivity contribution < 1.29 is 9.31 Å². The van der Waals surface area contributed by atoms with Gasteiger partial charge in [-0.05, 0) is 40.0 Å². The molecular formula is C13H21BO2. The Labute approximate surface area is 99.5 Å². The fraction of sp³-hybridized carbons (Fsp3) is 0.692. The second-order valence-electron chi connectivity index (χ2n) is 4.75. The van der Waals surface area contributed by atoms with Crippen molar-refractivity contribution in [2.75, 3.05) is 0 Å². The Kier molecular flexibility index (Phi) is 5.11. The summed E-state index contributed by atoms with van der Waals surface area (Å²) in [5.41, 5.74) is -0.182. The van der Waals surface area contributed by atoms with E-state index in [2.05, 4.69) is 25.8 Å². The van der Waals surface area contributed by atoms with Gasteiger partial charge < -0.3 is 9.31 Å². The highest BCUT2D eigenvalue weighted by Crippen LogP contribution is 2.27. The van der Waals surface area contributed by atoms with Gasteiger partial charge in [0.05, 0.1) is 11.7 Å². The summed E-state index contributed by atoms with van der Waals surface area (Å²) in [7, 11) is -0.183. The maximum Gasteiger partial charge on any atom is 0.486 e. The van der Waals surface area contributed by atoms with Crippen LogP contribution in [0.5, 0.6) is 0 Å². The van der Waals surface area contributed by atoms with Crippen LogP contribution in [0.25, 0.3) is 0 Å². The Morgan fingerprint density at radius 3 is 2.75 bits per heavy atom. The van der Waals surface area contributed by atoms with Crippen molar-refractivity contribution in [2.45, 2.75) is 58.2 Å². The molecule has 1 heterocycles. The molecule has 2 nitrogen and oxygen atoms in total. The highest BCUT2D eigenvalue weighted by Gasteiger charge is 2.41. The van der Waals surface area contributed by atoms with E-state index in [1.54, 1.807) is 0 Å². The second-order valence-corrected chi connectivity index (χ2v) is 4.75. The standard InChI is InChI=1S/C13H21BO2/c1-5-6-7-8-9-10-11-14-15-12(2)13(3,4)16-14/h1,10-12H,6-9H2,2-4H3/b11-10-. The fourth-order valence-corrected chi connectivity index (χ4v) is 1.57. The van der Waals surface area contributed by atoms with E-state index in [0.29, 0.717) is 0 Å². The summed E-state index contributed by atoms with van der Waals surface area (Å²) < 4.78 is 11.4. The van der Waals surface area contributed by atoms with Crippen molar-refractivity contribution in [1.29, 1.82) is 0 Å². The quantitative estimate of drug-likeness (QED) is 0.403. The van der Waals surface area contributed by atoms with Crippen LogP contribution in [0.15, 0.2) is 12.1 Å². The average molecular weight is 220 g/mol. The Balaban J connectivity index is 2.19. The van der Waals surface area contributed by atoms with Crippen LogP contribution in [0.2, 0.25) is 0 Å². The van der Waals surface area contributed by atoms with Crippen LogP contribution in [0.1, 0.15) is 46.5 Å². The molecule has 1 aliphatic heterocycles. The maximum atomic E-state index is 5.75. The summed E-state index contributed by atoms with van der Waals surface area (Å²) >= 11 is 0. The Morgan fingerprint density at radius 1 is 1.44 bits per heavy atom. The van der Waals surface area contributed by atoms with E-state index in [4.69, 9.17) is 15.7 Å². The molecule has 0 amide bonds. The Bertz CT molecular complexity index is 278. The van der Waals surface area contributed by atoms with Crippen LogP contribution in [-0.4, -0.2) is 18.8 Å². The third-order valence-corrected chi connectivity index (χ3v) is 2.97. The van der Waals surface area contributed by atoms with E-state index < -0.39 is 0 Å². The lowest BCUT2D eigenvalue weighted by Gasteiger charge is -2.21. The van der Waals surface area contributed by atoms with Gasteiger partial charge in [0.1, 0.15) is 0 Å². The molecule has 0 aromatic rings. The number of allylic oxidation sites excluding steroid dienone is 1. The molecule has 1 rings (SSSR count). The number of terminal acetylenes is 1. The number of unbranched alkanes of at least 4 members (excludes halogenated alkanes) is 3. The first-order valence-electron chi connectivity index (χ1n) is 5.99. The number of hydrogen-bond donors (Lipinski definition) is 0. The third kappa shape index (κ3) is 4.04. The monoisotopic (exact) mass is 220 g/mol. The van der Waals surface area contributed by atoms with Crippen molar-refractivity contribution in [3.63, 3.8) is 0 Å². The summed E-state index contributed by atoms with van der Waals surface area (Å²) in [6.07, 6.45) is 11.6. The van der Waals surface area contributed by atoms with E-state index in [1.807, 2.05) is 12.9 Å². The molecular weight excluding hydrogens is 199 g/mol. The van der Waals surface area contributed by atoms with Crippen LogP contribution in [-0.2, 0) is 9.31 Å². The van der Waals surface area contributed by atoms with Gasteiger partial charge in [-0.2, -0.15) is 0 Å². The van der Waals surface area contributed by atoms with Crippen LogP contribution >= 0.6 is 0 Å². The largest absolute Gasteiger partial charge is 0.486 e. The highest BCUT2D eigenvalue weighted by molar-refractivity contribution is 6.51. The molecule has 1 aliphatic rings. The molecule has 0 saturated carbocycles. The first kappa shape index (κ1) is 13.4. The lowest BCUT2D eigenvalue weighted by atomic mass is 9.89. The molecule has 0 radical (unpaired) electrons. The van der Waals surface area contributed by atoms with Crippen LogP contribution in [0.4, 0.5) is 0 Å². The van der Waals surface area contributed by atoms with Crippen LogP contribution in [0, 0.1) is 12.3 Å². The van der Waals surface area contributed by atoms with E-state index >= 15 is 0 Å². The smallest absolute Gasteiger partial charge is 0.402 e. The summed E-state index contributed by atoms with van der Waals surface area (Å²) in [5.74, 6) is 4.64. The first-order valence-corrected chi connectivity index (χ1v) is 5.99. The minimum atomic E-state index is -0.183. The molecule has 0 bridgehead atoms. The molecule has 1 unspecified atom stereocenters. The van der Waals surface area contributed by atoms with Crippen molar-refractivity contribution in [1.82, 2.24) is 0 Å². The minimum absolute atomic E-state index is 0.142. The van der Waals surface area contributed by atoms with Gasteiger partial charge in [-0.3, -0.25) is 0 Å². The Hall–Kier alpha value is -0.715. The van der Waals surface area contributed by atoms with E-state index in [9.17, 15) is 0 Å². The van der Waals surface area contributed by atoms with Gasteiger partial charge in [0.25, 0.3) is 0 Å². The third-order valence-electron chi connectivity index (χ3n) is 2.97. The zero-order valence-electron chi connectivity index (χ0n) is 10.5. The molecule has 0 aromatic carbocycles. The van der Waals surface area contributed by atoms with E-state index in [0.717, 1.165) is 25.7 Å². The average Bonchev–Trinajstić information content (AvgIpc) is 2.47. The van der Waals surface area contributed by atoms with Crippen LogP contribution < -0.4 is 0 Å². The molecule has 0 N–H and O–H groups in total. The van der Waals surface area contributed by atoms with Gasteiger partial charge in [0, 0.05) is 6.42 Å². The van der Waals surface area contributed by atoms with Crippen molar-refractivity contribution in [3.05, 3.63) is 12.1 Å². The topological polar surface area (TPSA) is 18.5 Å². The van der Waals surface area contributed by atoms with Crippen LogP contribution in [0.3, 0.4) is 0 Å². The molecule has 3 heteroatoms. The van der Waals surface area contributed by atoms with Gasteiger partial charge in [0.15, 0.2) is 0 Å². The van der Waals surface area contributed by atoms with Gasteiger partial charge in [-0.15, -0.1) is 12.3 Å². The molecule has 1 fully saturated rings. The SMILES string of the molecule is C#CCCCC/C=C\B1OC(C)C(C)(C)O1. The number of hydrogen-bond acceptors (Lipinski definition) is 2. The summed E-state index contributed by atoms with van der Waals surface area (Å²) in [4.78, 5) is 0. The summed E-state index contributed by atoms with van der Waals surface area (Å²) in [6.45, 7) is 6.15. The normalized spacial score (nSPS) is 23.9. The molecule has 88 valence electrons. The highest BCUT2D eigenvalue weighted by atomic mass is 16.7. The molecule has 0 aromatic heterocycles. The molecule has 1 atom stereocenters. The zero-order chi connectivity index (χ0) is 12.0. The van der Waals surface area contributed by atoms with Gasteiger partial charge >= 0.3 is 7.12 Å². The zero-order valence-corrected chi connectivity index (χ0v) is 10.5. The van der Waals surface area contributed by atoms with Crippen molar-refractivity contribution in [2.24, 2.45) is 0 Å². The van der Waals surface area contributed by atoms with Gasteiger partial charge in [-0.1, -0.05) is 12.1 Å². The van der Waals surface area contributed by atoms with Crippen molar-refractivity contribution in [3.8, 4) is 12.3 Å². The molecule has 16 heavy (non-hydrogen) atoms. The molecule has 0 aliphatic carbocycles. The van der Waals surface area contributed by atoms with E-state index in [-0.39, 0.29) is 18.8 Å². The lowest BCUT2D eigenvalue weighted by Crippen LogP contribution is -2.30. The Morgan fingerprint density at radius 2 is 2.19 bits per heavy atom. The van der Waals surface area contributed by atoms with Gasteiger partial charge in [-0.25, -0.2) is 0 Å². The minimum Gasteiger partial charge on any atom is -0.402 e. The molecule has 0 spiro atoms. The lowest BCUT2D eigenvalue weighted by molar-refractivity contribution is 0.0842. The predicted octanol–water partition coefficient (Wildman–Crippen LogP) is 2.98. The second kappa shape index (κ2) is 6.13. The summed E-state index contributed by atoms with van der Waals surface area (Å²) in [5, 5.41) is 0. The maximum absolute atomic E-state index is 5.75. The fourth-order valence-electron chi connectivity index (χ4n) is 1.57.